The standard InChI is InChI=1S/C27H36N2O5/c1-5-8-9-18-33-21-13-11-20(12-14-21)25(30)23-24(22-15-10-19(4)34-22)29(27(32)26(23)31)17-16-28(6-2)7-3/h10-15,24,30H,5-9,16-18H2,1-4H3/b25-23-. The molecule has 0 radical (unpaired) electrons. The van der Waals surface area contributed by atoms with Crippen molar-refractivity contribution in [2.45, 2.75) is 53.0 Å². The van der Waals surface area contributed by atoms with Crippen LogP contribution in [0.1, 0.15) is 63.2 Å². The molecule has 0 bridgehead atoms. The Labute approximate surface area is 202 Å². The van der Waals surface area contributed by atoms with Crippen LogP contribution in [0.2, 0.25) is 0 Å². The van der Waals surface area contributed by atoms with Gasteiger partial charge in [-0.1, -0.05) is 33.6 Å². The Morgan fingerprint density at radius 3 is 2.35 bits per heavy atom. The van der Waals surface area contributed by atoms with Gasteiger partial charge in [0, 0.05) is 18.7 Å². The van der Waals surface area contributed by atoms with Crippen molar-refractivity contribution in [3.63, 3.8) is 0 Å². The van der Waals surface area contributed by atoms with Crippen LogP contribution in [0.4, 0.5) is 0 Å². The molecule has 1 aliphatic heterocycles. The fraction of sp³-hybridized carbons (Fsp3) is 0.481. The first-order valence-electron chi connectivity index (χ1n) is 12.2. The lowest BCUT2D eigenvalue weighted by molar-refractivity contribution is -0.140. The number of rotatable bonds is 12. The van der Waals surface area contributed by atoms with Gasteiger partial charge in [0.1, 0.15) is 29.1 Å². The van der Waals surface area contributed by atoms with Gasteiger partial charge in [-0.3, -0.25) is 9.59 Å². The molecule has 0 spiro atoms. The van der Waals surface area contributed by atoms with E-state index < -0.39 is 17.7 Å². The highest BCUT2D eigenvalue weighted by molar-refractivity contribution is 6.46. The summed E-state index contributed by atoms with van der Waals surface area (Å²) in [7, 11) is 0. The van der Waals surface area contributed by atoms with Crippen LogP contribution in [-0.4, -0.2) is 59.4 Å². The minimum atomic E-state index is -0.769. The minimum absolute atomic E-state index is 0.0514. The number of amides is 1. The van der Waals surface area contributed by atoms with Crippen molar-refractivity contribution in [3.8, 4) is 5.75 Å². The highest BCUT2D eigenvalue weighted by Gasteiger charge is 2.47. The van der Waals surface area contributed by atoms with Gasteiger partial charge in [0.05, 0.1) is 12.2 Å². The number of furan rings is 1. The summed E-state index contributed by atoms with van der Waals surface area (Å²) in [5.74, 6) is 0.313. The third-order valence-electron chi connectivity index (χ3n) is 6.27. The Kier molecular flexibility index (Phi) is 8.93. The summed E-state index contributed by atoms with van der Waals surface area (Å²) in [6, 6.07) is 9.74. The maximum Gasteiger partial charge on any atom is 0.295 e. The molecule has 1 unspecified atom stereocenters. The number of aryl methyl sites for hydroxylation is 1. The average molecular weight is 469 g/mol. The zero-order chi connectivity index (χ0) is 24.7. The van der Waals surface area contributed by atoms with Crippen LogP contribution in [0.5, 0.6) is 5.75 Å². The topological polar surface area (TPSA) is 83.2 Å². The Morgan fingerprint density at radius 1 is 1.06 bits per heavy atom. The second-order valence-corrected chi connectivity index (χ2v) is 8.55. The number of benzene rings is 1. The van der Waals surface area contributed by atoms with Gasteiger partial charge in [-0.15, -0.1) is 0 Å². The summed E-state index contributed by atoms with van der Waals surface area (Å²) < 4.78 is 11.6. The van der Waals surface area contributed by atoms with E-state index in [1.54, 1.807) is 36.4 Å². The van der Waals surface area contributed by atoms with E-state index in [0.717, 1.165) is 32.4 Å². The van der Waals surface area contributed by atoms with Crippen molar-refractivity contribution in [3.05, 3.63) is 59.1 Å². The maximum absolute atomic E-state index is 13.1. The molecule has 34 heavy (non-hydrogen) atoms. The first-order valence-corrected chi connectivity index (χ1v) is 12.2. The summed E-state index contributed by atoms with van der Waals surface area (Å²) >= 11 is 0. The zero-order valence-corrected chi connectivity index (χ0v) is 20.7. The number of hydrogen-bond donors (Lipinski definition) is 1. The predicted octanol–water partition coefficient (Wildman–Crippen LogP) is 4.92. The highest BCUT2D eigenvalue weighted by atomic mass is 16.5. The number of ketones is 1. The Morgan fingerprint density at radius 2 is 1.76 bits per heavy atom. The van der Waals surface area contributed by atoms with Gasteiger partial charge in [-0.2, -0.15) is 0 Å². The minimum Gasteiger partial charge on any atom is -0.507 e. The van der Waals surface area contributed by atoms with Crippen molar-refractivity contribution < 1.29 is 23.8 Å². The van der Waals surface area contributed by atoms with Crippen molar-refractivity contribution >= 4 is 17.4 Å². The van der Waals surface area contributed by atoms with Crippen molar-refractivity contribution in [2.24, 2.45) is 0 Å². The molecule has 1 aromatic carbocycles. The summed E-state index contributed by atoms with van der Waals surface area (Å²) in [6.45, 7) is 11.4. The van der Waals surface area contributed by atoms with E-state index in [4.69, 9.17) is 9.15 Å². The number of aliphatic hydroxyl groups is 1. The molecule has 7 nitrogen and oxygen atoms in total. The summed E-state index contributed by atoms with van der Waals surface area (Å²) in [5, 5.41) is 11.2. The zero-order valence-electron chi connectivity index (χ0n) is 20.7. The van der Waals surface area contributed by atoms with Crippen LogP contribution in [0.25, 0.3) is 5.76 Å². The predicted molar refractivity (Wildman–Crippen MR) is 132 cm³/mol. The van der Waals surface area contributed by atoms with Crippen LogP contribution >= 0.6 is 0 Å². The van der Waals surface area contributed by atoms with E-state index in [-0.39, 0.29) is 11.3 Å². The Bertz CT molecular complexity index is 1000. The monoisotopic (exact) mass is 468 g/mol. The fourth-order valence-corrected chi connectivity index (χ4v) is 4.20. The molecule has 0 aliphatic carbocycles. The molecule has 1 atom stereocenters. The summed E-state index contributed by atoms with van der Waals surface area (Å²) in [4.78, 5) is 29.8. The number of unbranched alkanes of at least 4 members (excludes halogenated alkanes) is 2. The lowest BCUT2D eigenvalue weighted by Gasteiger charge is -2.26. The van der Waals surface area contributed by atoms with Crippen LogP contribution in [0.3, 0.4) is 0 Å². The SMILES string of the molecule is CCCCCOc1ccc(/C(O)=C2/C(=O)C(=O)N(CCN(CC)CC)C2c2ccc(C)o2)cc1. The van der Waals surface area contributed by atoms with Crippen LogP contribution in [0, 0.1) is 6.92 Å². The fourth-order valence-electron chi connectivity index (χ4n) is 4.20. The molecular weight excluding hydrogens is 432 g/mol. The molecular formula is C27H36N2O5. The second kappa shape index (κ2) is 11.9. The normalized spacial score (nSPS) is 17.7. The number of likely N-dealkylation sites (tertiary alicyclic amines) is 1. The molecule has 2 aromatic rings. The number of carbonyl (C=O) groups excluding carboxylic acids is 2. The second-order valence-electron chi connectivity index (χ2n) is 8.55. The van der Waals surface area contributed by atoms with Gasteiger partial charge < -0.3 is 24.1 Å². The van der Waals surface area contributed by atoms with Gasteiger partial charge in [-0.05, 0) is 62.8 Å². The van der Waals surface area contributed by atoms with E-state index >= 15 is 0 Å². The lowest BCUT2D eigenvalue weighted by atomic mass is 9.99. The van der Waals surface area contributed by atoms with Crippen molar-refractivity contribution in [1.29, 1.82) is 0 Å². The van der Waals surface area contributed by atoms with Crippen molar-refractivity contribution in [1.82, 2.24) is 9.80 Å². The van der Waals surface area contributed by atoms with Gasteiger partial charge in [0.2, 0.25) is 0 Å². The number of hydrogen-bond acceptors (Lipinski definition) is 6. The molecule has 1 saturated heterocycles. The molecule has 3 rings (SSSR count). The van der Waals surface area contributed by atoms with E-state index in [0.29, 0.717) is 42.5 Å². The number of ether oxygens (including phenoxy) is 1. The number of Topliss-reactive ketones (excluding diaryl/α,β-unsaturated/α-hetero) is 1. The number of aliphatic hydroxyl groups excluding tert-OH is 1. The lowest BCUT2D eigenvalue weighted by Crippen LogP contribution is -2.37. The summed E-state index contributed by atoms with van der Waals surface area (Å²) in [6.07, 6.45) is 3.22. The van der Waals surface area contributed by atoms with Crippen LogP contribution in [-0.2, 0) is 9.59 Å². The molecule has 0 saturated carbocycles. The van der Waals surface area contributed by atoms with E-state index in [2.05, 4.69) is 25.7 Å². The molecule has 1 aromatic heterocycles. The Balaban J connectivity index is 1.91. The first kappa shape index (κ1) is 25.6. The van der Waals surface area contributed by atoms with Gasteiger partial charge in [0.25, 0.3) is 11.7 Å². The molecule has 1 fully saturated rings. The number of carbonyl (C=O) groups is 2. The molecule has 184 valence electrons. The molecule has 7 heteroatoms. The van der Waals surface area contributed by atoms with E-state index in [1.165, 1.54) is 4.90 Å². The van der Waals surface area contributed by atoms with Gasteiger partial charge in [-0.25, -0.2) is 0 Å². The molecule has 2 heterocycles. The largest absolute Gasteiger partial charge is 0.507 e. The highest BCUT2D eigenvalue weighted by Crippen LogP contribution is 2.40. The molecule has 1 amide bonds. The first-order chi connectivity index (χ1) is 16.4. The molecule has 1 aliphatic rings. The number of likely N-dealkylation sites (N-methyl/N-ethyl adjacent to an activating group) is 1. The van der Waals surface area contributed by atoms with Crippen LogP contribution < -0.4 is 4.74 Å². The third-order valence-corrected chi connectivity index (χ3v) is 6.27. The van der Waals surface area contributed by atoms with Crippen molar-refractivity contribution in [2.75, 3.05) is 32.8 Å². The van der Waals surface area contributed by atoms with Gasteiger partial charge in [0.15, 0.2) is 0 Å². The maximum atomic E-state index is 13.1. The van der Waals surface area contributed by atoms with Gasteiger partial charge >= 0.3 is 0 Å². The number of nitrogens with zero attached hydrogens (tertiary/aromatic N) is 2. The van der Waals surface area contributed by atoms with Crippen LogP contribution in [0.15, 0.2) is 46.4 Å². The van der Waals surface area contributed by atoms with E-state index in [1.807, 2.05) is 6.92 Å². The third kappa shape index (κ3) is 5.70. The molecule has 1 N–H and O–H groups in total. The quantitative estimate of drug-likeness (QED) is 0.206. The average Bonchev–Trinajstić information content (AvgIpc) is 3.38. The Hall–Kier alpha value is -3.06. The smallest absolute Gasteiger partial charge is 0.295 e. The van der Waals surface area contributed by atoms with E-state index in [9.17, 15) is 14.7 Å². The summed E-state index contributed by atoms with van der Waals surface area (Å²) in [5.41, 5.74) is 0.506.